The number of aromatic nitrogens is 2. The third-order valence-electron chi connectivity index (χ3n) is 2.13. The van der Waals surface area contributed by atoms with Gasteiger partial charge in [-0.3, -0.25) is 4.68 Å². The van der Waals surface area contributed by atoms with Crippen LogP contribution in [0.2, 0.25) is 0 Å². The molecule has 0 spiro atoms. The lowest BCUT2D eigenvalue weighted by Gasteiger charge is -2.13. The molecule has 1 aromatic rings. The standard InChI is InChI=1S/C10H19N3O/c1-3-4-5-14-10(6-11)9-7-12-13(2)8-9/h7-8,10H,3-6,11H2,1-2H3. The Bertz CT molecular complexity index is 260. The van der Waals surface area contributed by atoms with Gasteiger partial charge in [-0.25, -0.2) is 0 Å². The summed E-state index contributed by atoms with van der Waals surface area (Å²) in [7, 11) is 1.89. The smallest absolute Gasteiger partial charge is 0.0977 e. The zero-order valence-electron chi connectivity index (χ0n) is 8.94. The fraction of sp³-hybridized carbons (Fsp3) is 0.700. The minimum atomic E-state index is -0.00440. The van der Waals surface area contributed by atoms with Crippen molar-refractivity contribution in [2.75, 3.05) is 13.2 Å². The molecule has 0 aromatic carbocycles. The first-order valence-corrected chi connectivity index (χ1v) is 5.08. The Morgan fingerprint density at radius 1 is 1.64 bits per heavy atom. The molecular formula is C10H19N3O. The first-order chi connectivity index (χ1) is 6.77. The number of ether oxygens (including phenoxy) is 1. The fourth-order valence-electron chi connectivity index (χ4n) is 1.28. The summed E-state index contributed by atoms with van der Waals surface area (Å²) in [5, 5.41) is 4.09. The van der Waals surface area contributed by atoms with Gasteiger partial charge in [0, 0.05) is 32.0 Å². The third-order valence-corrected chi connectivity index (χ3v) is 2.13. The van der Waals surface area contributed by atoms with Gasteiger partial charge in [-0.2, -0.15) is 5.10 Å². The molecular weight excluding hydrogens is 178 g/mol. The first-order valence-electron chi connectivity index (χ1n) is 5.08. The Morgan fingerprint density at radius 3 is 2.93 bits per heavy atom. The minimum Gasteiger partial charge on any atom is -0.372 e. The van der Waals surface area contributed by atoms with Crippen molar-refractivity contribution in [1.29, 1.82) is 0 Å². The highest BCUT2D eigenvalue weighted by Gasteiger charge is 2.11. The van der Waals surface area contributed by atoms with Crippen molar-refractivity contribution < 1.29 is 4.74 Å². The molecule has 0 saturated heterocycles. The lowest BCUT2D eigenvalue weighted by atomic mass is 10.2. The summed E-state index contributed by atoms with van der Waals surface area (Å²) in [6, 6.07) is 0. The fourth-order valence-corrected chi connectivity index (χ4v) is 1.28. The molecule has 0 amide bonds. The predicted molar refractivity (Wildman–Crippen MR) is 55.9 cm³/mol. The summed E-state index contributed by atoms with van der Waals surface area (Å²) >= 11 is 0. The molecule has 80 valence electrons. The second-order valence-corrected chi connectivity index (χ2v) is 3.40. The van der Waals surface area contributed by atoms with Gasteiger partial charge in [-0.05, 0) is 6.42 Å². The van der Waals surface area contributed by atoms with Crippen molar-refractivity contribution >= 4 is 0 Å². The van der Waals surface area contributed by atoms with Crippen molar-refractivity contribution in [3.8, 4) is 0 Å². The molecule has 1 aromatic heterocycles. The van der Waals surface area contributed by atoms with Crippen LogP contribution in [-0.2, 0) is 11.8 Å². The second kappa shape index (κ2) is 5.78. The quantitative estimate of drug-likeness (QED) is 0.698. The van der Waals surface area contributed by atoms with E-state index in [-0.39, 0.29) is 6.10 Å². The minimum absolute atomic E-state index is 0.00440. The van der Waals surface area contributed by atoms with Crippen LogP contribution in [-0.4, -0.2) is 22.9 Å². The Hall–Kier alpha value is -0.870. The summed E-state index contributed by atoms with van der Waals surface area (Å²) in [5.41, 5.74) is 6.70. The van der Waals surface area contributed by atoms with Crippen molar-refractivity contribution in [3.63, 3.8) is 0 Å². The van der Waals surface area contributed by atoms with Gasteiger partial charge in [-0.1, -0.05) is 13.3 Å². The Kier molecular flexibility index (Phi) is 4.62. The van der Waals surface area contributed by atoms with Crippen molar-refractivity contribution in [3.05, 3.63) is 18.0 Å². The van der Waals surface area contributed by atoms with Gasteiger partial charge in [0.05, 0.1) is 12.3 Å². The van der Waals surface area contributed by atoms with Gasteiger partial charge >= 0.3 is 0 Å². The molecule has 1 rings (SSSR count). The van der Waals surface area contributed by atoms with Gasteiger partial charge < -0.3 is 10.5 Å². The highest BCUT2D eigenvalue weighted by molar-refractivity contribution is 5.08. The van der Waals surface area contributed by atoms with E-state index in [1.54, 1.807) is 4.68 Å². The monoisotopic (exact) mass is 197 g/mol. The molecule has 14 heavy (non-hydrogen) atoms. The van der Waals surface area contributed by atoms with Crippen LogP contribution >= 0.6 is 0 Å². The molecule has 1 unspecified atom stereocenters. The number of nitrogens with zero attached hydrogens (tertiary/aromatic N) is 2. The summed E-state index contributed by atoms with van der Waals surface area (Å²) in [6.45, 7) is 3.42. The molecule has 0 saturated carbocycles. The van der Waals surface area contributed by atoms with E-state index in [0.29, 0.717) is 6.54 Å². The molecule has 4 heteroatoms. The molecule has 0 aliphatic rings. The number of aryl methyl sites for hydroxylation is 1. The molecule has 1 heterocycles. The second-order valence-electron chi connectivity index (χ2n) is 3.40. The maximum Gasteiger partial charge on any atom is 0.0977 e. The molecule has 1 atom stereocenters. The first kappa shape index (κ1) is 11.2. The Balaban J connectivity index is 2.45. The van der Waals surface area contributed by atoms with E-state index in [9.17, 15) is 0 Å². The molecule has 0 radical (unpaired) electrons. The normalized spacial score (nSPS) is 13.1. The molecule has 2 N–H and O–H groups in total. The zero-order chi connectivity index (χ0) is 10.4. The van der Waals surface area contributed by atoms with Crippen LogP contribution in [0.5, 0.6) is 0 Å². The lowest BCUT2D eigenvalue weighted by Crippen LogP contribution is -2.16. The number of hydrogen-bond donors (Lipinski definition) is 1. The van der Waals surface area contributed by atoms with E-state index >= 15 is 0 Å². The van der Waals surface area contributed by atoms with Gasteiger partial charge in [0.25, 0.3) is 0 Å². The average Bonchev–Trinajstić information content (AvgIpc) is 2.60. The SMILES string of the molecule is CCCCOC(CN)c1cnn(C)c1. The molecule has 0 aliphatic carbocycles. The third kappa shape index (κ3) is 3.12. The van der Waals surface area contributed by atoms with Crippen LogP contribution in [0.25, 0.3) is 0 Å². The van der Waals surface area contributed by atoms with E-state index in [4.69, 9.17) is 10.5 Å². The molecule has 0 fully saturated rings. The van der Waals surface area contributed by atoms with Crippen LogP contribution in [0.3, 0.4) is 0 Å². The topological polar surface area (TPSA) is 53.1 Å². The Labute approximate surface area is 85.0 Å². The van der Waals surface area contributed by atoms with E-state index in [1.165, 1.54) is 0 Å². The maximum absolute atomic E-state index is 5.65. The zero-order valence-corrected chi connectivity index (χ0v) is 8.94. The van der Waals surface area contributed by atoms with Crippen molar-refractivity contribution in [2.24, 2.45) is 12.8 Å². The van der Waals surface area contributed by atoms with Gasteiger partial charge in [0.2, 0.25) is 0 Å². The van der Waals surface area contributed by atoms with Gasteiger partial charge in [0.1, 0.15) is 0 Å². The largest absolute Gasteiger partial charge is 0.372 e. The van der Waals surface area contributed by atoms with Crippen molar-refractivity contribution in [2.45, 2.75) is 25.9 Å². The average molecular weight is 197 g/mol. The van der Waals surface area contributed by atoms with E-state index < -0.39 is 0 Å². The lowest BCUT2D eigenvalue weighted by molar-refractivity contribution is 0.0566. The van der Waals surface area contributed by atoms with Crippen molar-refractivity contribution in [1.82, 2.24) is 9.78 Å². The summed E-state index contributed by atoms with van der Waals surface area (Å²) in [4.78, 5) is 0. The van der Waals surface area contributed by atoms with E-state index in [0.717, 1.165) is 25.0 Å². The predicted octanol–water partition coefficient (Wildman–Crippen LogP) is 1.24. The highest BCUT2D eigenvalue weighted by Crippen LogP contribution is 2.15. The Morgan fingerprint density at radius 2 is 2.43 bits per heavy atom. The summed E-state index contributed by atoms with van der Waals surface area (Å²) in [5.74, 6) is 0. The van der Waals surface area contributed by atoms with Gasteiger partial charge in [-0.15, -0.1) is 0 Å². The van der Waals surface area contributed by atoms with E-state index in [1.807, 2.05) is 19.4 Å². The molecule has 0 bridgehead atoms. The van der Waals surface area contributed by atoms with Crippen LogP contribution < -0.4 is 5.73 Å². The van der Waals surface area contributed by atoms with E-state index in [2.05, 4.69) is 12.0 Å². The van der Waals surface area contributed by atoms with Gasteiger partial charge in [0.15, 0.2) is 0 Å². The number of rotatable bonds is 6. The summed E-state index contributed by atoms with van der Waals surface area (Å²) in [6.07, 6.45) is 5.98. The summed E-state index contributed by atoms with van der Waals surface area (Å²) < 4.78 is 7.42. The highest BCUT2D eigenvalue weighted by atomic mass is 16.5. The molecule has 4 nitrogen and oxygen atoms in total. The van der Waals surface area contributed by atoms with Crippen LogP contribution in [0.15, 0.2) is 12.4 Å². The van der Waals surface area contributed by atoms with Crippen LogP contribution in [0.1, 0.15) is 31.4 Å². The number of nitrogens with two attached hydrogens (primary N) is 1. The van der Waals surface area contributed by atoms with Crippen LogP contribution in [0.4, 0.5) is 0 Å². The number of hydrogen-bond acceptors (Lipinski definition) is 3. The number of unbranched alkanes of at least 4 members (excludes halogenated alkanes) is 1. The maximum atomic E-state index is 5.65. The molecule has 0 aliphatic heterocycles. The van der Waals surface area contributed by atoms with Crippen LogP contribution in [0, 0.1) is 0 Å².